The monoisotopic (exact) mass is 369 g/mol. The van der Waals surface area contributed by atoms with Crippen LogP contribution >= 0.6 is 11.6 Å². The van der Waals surface area contributed by atoms with E-state index in [-0.39, 0.29) is 0 Å². The van der Waals surface area contributed by atoms with Crippen LogP contribution in [0, 0.1) is 18.6 Å². The molecule has 0 bridgehead atoms. The molecule has 25 heavy (non-hydrogen) atoms. The van der Waals surface area contributed by atoms with Crippen LogP contribution in [0.4, 0.5) is 14.5 Å². The van der Waals surface area contributed by atoms with Crippen LogP contribution in [0.3, 0.4) is 0 Å². The molecule has 0 aromatic heterocycles. The zero-order chi connectivity index (χ0) is 18.4. The molecule has 0 aliphatic carbocycles. The number of para-hydroxylation sites is 1. The number of nitrogens with one attached hydrogen (secondary N) is 1. The molecule has 0 unspecified atom stereocenters. The molecule has 132 valence electrons. The summed E-state index contributed by atoms with van der Waals surface area (Å²) < 4.78 is 36.7. The van der Waals surface area contributed by atoms with Gasteiger partial charge in [-0.3, -0.25) is 4.79 Å². The Morgan fingerprint density at radius 1 is 1.12 bits per heavy atom. The average Bonchev–Trinajstić information content (AvgIpc) is 2.57. The number of esters is 1. The number of rotatable bonds is 6. The van der Waals surface area contributed by atoms with E-state index in [2.05, 4.69) is 4.74 Å². The van der Waals surface area contributed by atoms with Gasteiger partial charge in [0.2, 0.25) is 0 Å². The fourth-order valence-electron chi connectivity index (χ4n) is 1.84. The summed E-state index contributed by atoms with van der Waals surface area (Å²) in [6.07, 6.45) is 0. The highest BCUT2D eigenvalue weighted by Gasteiger charge is 2.14. The Kier molecular flexibility index (Phi) is 6.30. The molecule has 0 atom stereocenters. The number of carbonyl (C=O) groups is 2. The van der Waals surface area contributed by atoms with Crippen LogP contribution in [0.25, 0.3) is 0 Å². The van der Waals surface area contributed by atoms with Crippen molar-refractivity contribution in [1.82, 2.24) is 0 Å². The van der Waals surface area contributed by atoms with E-state index in [9.17, 15) is 18.4 Å². The van der Waals surface area contributed by atoms with Gasteiger partial charge in [-0.25, -0.2) is 13.6 Å². The molecule has 0 saturated heterocycles. The standard InChI is InChI=1S/C17H14ClF2NO4/c1-10-5-6-11(18)14(7-10)24-9-16(23)25-8-15(22)21-17-12(19)3-2-4-13(17)20/h2-7H,8-9H2,1H3,(H,21,22). The molecule has 2 aromatic carbocycles. The topological polar surface area (TPSA) is 64.6 Å². The average molecular weight is 370 g/mol. The lowest BCUT2D eigenvalue weighted by molar-refractivity contribution is -0.149. The summed E-state index contributed by atoms with van der Waals surface area (Å²) in [5, 5.41) is 2.32. The van der Waals surface area contributed by atoms with Crippen LogP contribution in [0.2, 0.25) is 5.02 Å². The van der Waals surface area contributed by atoms with Gasteiger partial charge < -0.3 is 14.8 Å². The van der Waals surface area contributed by atoms with Gasteiger partial charge >= 0.3 is 5.97 Å². The van der Waals surface area contributed by atoms with Gasteiger partial charge in [-0.1, -0.05) is 23.7 Å². The number of anilines is 1. The maximum atomic E-state index is 13.4. The number of aryl methyl sites for hydroxylation is 1. The first-order valence-electron chi connectivity index (χ1n) is 7.15. The first-order chi connectivity index (χ1) is 11.9. The molecule has 0 radical (unpaired) electrons. The van der Waals surface area contributed by atoms with Crippen molar-refractivity contribution in [2.24, 2.45) is 0 Å². The second-order valence-corrected chi connectivity index (χ2v) is 5.44. The van der Waals surface area contributed by atoms with E-state index in [1.165, 1.54) is 0 Å². The van der Waals surface area contributed by atoms with Gasteiger partial charge in [-0.15, -0.1) is 0 Å². The Morgan fingerprint density at radius 3 is 2.48 bits per heavy atom. The van der Waals surface area contributed by atoms with E-state index in [1.54, 1.807) is 18.2 Å². The van der Waals surface area contributed by atoms with Crippen LogP contribution < -0.4 is 10.1 Å². The second-order valence-electron chi connectivity index (χ2n) is 5.03. The summed E-state index contributed by atoms with van der Waals surface area (Å²) in [4.78, 5) is 23.2. The molecule has 0 spiro atoms. The van der Waals surface area contributed by atoms with Gasteiger partial charge in [0.05, 0.1) is 5.02 Å². The van der Waals surface area contributed by atoms with Crippen molar-refractivity contribution in [3.63, 3.8) is 0 Å². The van der Waals surface area contributed by atoms with Crippen LogP contribution in [0.15, 0.2) is 36.4 Å². The van der Waals surface area contributed by atoms with Crippen molar-refractivity contribution < 1.29 is 27.8 Å². The van der Waals surface area contributed by atoms with E-state index in [0.717, 1.165) is 23.8 Å². The third-order valence-corrected chi connectivity index (χ3v) is 3.34. The summed E-state index contributed by atoms with van der Waals surface area (Å²) >= 11 is 5.91. The molecule has 5 nitrogen and oxygen atoms in total. The molecule has 0 saturated carbocycles. The highest BCUT2D eigenvalue weighted by atomic mass is 35.5. The van der Waals surface area contributed by atoms with Gasteiger partial charge in [0.1, 0.15) is 23.1 Å². The number of carbonyl (C=O) groups excluding carboxylic acids is 2. The van der Waals surface area contributed by atoms with Crippen LogP contribution in [0.1, 0.15) is 5.56 Å². The molecule has 8 heteroatoms. The Morgan fingerprint density at radius 2 is 1.80 bits per heavy atom. The minimum Gasteiger partial charge on any atom is -0.480 e. The third kappa shape index (κ3) is 5.42. The van der Waals surface area contributed by atoms with Crippen molar-refractivity contribution in [2.75, 3.05) is 18.5 Å². The van der Waals surface area contributed by atoms with Crippen molar-refractivity contribution in [1.29, 1.82) is 0 Å². The Labute approximate surface area is 147 Å². The Hall–Kier alpha value is -2.67. The van der Waals surface area contributed by atoms with E-state index >= 15 is 0 Å². The molecular weight excluding hydrogens is 356 g/mol. The number of halogens is 3. The highest BCUT2D eigenvalue weighted by molar-refractivity contribution is 6.32. The summed E-state index contributed by atoms with van der Waals surface area (Å²) in [6, 6.07) is 8.18. The van der Waals surface area contributed by atoms with E-state index in [1.807, 2.05) is 12.2 Å². The number of amides is 1. The summed E-state index contributed by atoms with van der Waals surface area (Å²) in [7, 11) is 0. The van der Waals surface area contributed by atoms with E-state index < -0.39 is 42.4 Å². The number of ether oxygens (including phenoxy) is 2. The largest absolute Gasteiger partial charge is 0.480 e. The fourth-order valence-corrected chi connectivity index (χ4v) is 2.01. The lowest BCUT2D eigenvalue weighted by Gasteiger charge is -2.10. The second kappa shape index (κ2) is 8.43. The van der Waals surface area contributed by atoms with Crippen molar-refractivity contribution in [3.05, 3.63) is 58.6 Å². The Bertz CT molecular complexity index is 778. The lowest BCUT2D eigenvalue weighted by atomic mass is 10.2. The van der Waals surface area contributed by atoms with Crippen molar-refractivity contribution >= 4 is 29.2 Å². The molecule has 0 heterocycles. The molecular formula is C17H14ClF2NO4. The minimum absolute atomic E-state index is 0.302. The molecule has 0 aliphatic heterocycles. The zero-order valence-electron chi connectivity index (χ0n) is 13.1. The quantitative estimate of drug-likeness (QED) is 0.792. The summed E-state index contributed by atoms with van der Waals surface area (Å²) in [6.45, 7) is 0.649. The fraction of sp³-hybridized carbons (Fsp3) is 0.176. The zero-order valence-corrected chi connectivity index (χ0v) is 13.9. The molecule has 1 amide bonds. The van der Waals surface area contributed by atoms with Gasteiger partial charge in [-0.2, -0.15) is 0 Å². The third-order valence-electron chi connectivity index (χ3n) is 3.02. The molecule has 2 rings (SSSR count). The first-order valence-corrected chi connectivity index (χ1v) is 7.53. The van der Waals surface area contributed by atoms with Crippen molar-refractivity contribution in [3.8, 4) is 5.75 Å². The van der Waals surface area contributed by atoms with Crippen molar-refractivity contribution in [2.45, 2.75) is 6.92 Å². The number of hydrogen-bond donors (Lipinski definition) is 1. The lowest BCUT2D eigenvalue weighted by Crippen LogP contribution is -2.24. The molecule has 0 aliphatic rings. The maximum absolute atomic E-state index is 13.4. The smallest absolute Gasteiger partial charge is 0.344 e. The van der Waals surface area contributed by atoms with Crippen LogP contribution in [-0.2, 0) is 14.3 Å². The van der Waals surface area contributed by atoms with Gasteiger partial charge in [0, 0.05) is 0 Å². The summed E-state index contributed by atoms with van der Waals surface area (Å²) in [5.41, 5.74) is 0.283. The molecule has 0 fully saturated rings. The number of benzene rings is 2. The van der Waals surface area contributed by atoms with E-state index in [0.29, 0.717) is 10.8 Å². The van der Waals surface area contributed by atoms with Gasteiger partial charge in [-0.05, 0) is 36.8 Å². The highest BCUT2D eigenvalue weighted by Crippen LogP contribution is 2.25. The number of hydrogen-bond acceptors (Lipinski definition) is 4. The predicted octanol–water partition coefficient (Wildman–Crippen LogP) is 3.49. The summed E-state index contributed by atoms with van der Waals surface area (Å²) in [5.74, 6) is -3.28. The molecule has 1 N–H and O–H groups in total. The normalized spacial score (nSPS) is 10.2. The minimum atomic E-state index is -0.933. The van der Waals surface area contributed by atoms with Gasteiger partial charge in [0.25, 0.3) is 5.91 Å². The maximum Gasteiger partial charge on any atom is 0.344 e. The first kappa shape index (κ1) is 18.7. The van der Waals surface area contributed by atoms with Crippen LogP contribution in [-0.4, -0.2) is 25.1 Å². The SMILES string of the molecule is Cc1ccc(Cl)c(OCC(=O)OCC(=O)Nc2c(F)cccc2F)c1. The van der Waals surface area contributed by atoms with Crippen LogP contribution in [0.5, 0.6) is 5.75 Å². The molecule has 2 aromatic rings. The van der Waals surface area contributed by atoms with E-state index in [4.69, 9.17) is 16.3 Å². The van der Waals surface area contributed by atoms with Gasteiger partial charge in [0.15, 0.2) is 13.2 Å². The Balaban J connectivity index is 1.81. The predicted molar refractivity (Wildman–Crippen MR) is 87.6 cm³/mol.